The first-order chi connectivity index (χ1) is 13.1. The summed E-state index contributed by atoms with van der Waals surface area (Å²) in [6.45, 7) is 1.87. The van der Waals surface area contributed by atoms with E-state index in [-0.39, 0.29) is 5.69 Å². The maximum Gasteiger partial charge on any atom is 0.243 e. The Balaban J connectivity index is 2.16. The molecule has 9 heteroatoms. The zero-order valence-electron chi connectivity index (χ0n) is 15.8. The SMILES string of the molecule is COc1ccc(Cl)cc1N(C(C)C(=O)NCCc1ccc(Cl)cc1)S(C)(=O)=O. The van der Waals surface area contributed by atoms with Crippen molar-refractivity contribution in [2.45, 2.75) is 19.4 Å². The number of hydrogen-bond donors (Lipinski definition) is 1. The number of sulfonamides is 1. The van der Waals surface area contributed by atoms with Gasteiger partial charge in [0.25, 0.3) is 0 Å². The van der Waals surface area contributed by atoms with Crippen LogP contribution >= 0.6 is 23.2 Å². The van der Waals surface area contributed by atoms with Crippen molar-refractivity contribution in [3.05, 3.63) is 58.1 Å². The highest BCUT2D eigenvalue weighted by Crippen LogP contribution is 2.34. The van der Waals surface area contributed by atoms with E-state index < -0.39 is 22.0 Å². The summed E-state index contributed by atoms with van der Waals surface area (Å²) in [5, 5.41) is 3.74. The van der Waals surface area contributed by atoms with E-state index in [2.05, 4.69) is 5.32 Å². The lowest BCUT2D eigenvalue weighted by Crippen LogP contribution is -2.48. The molecule has 1 atom stereocenters. The van der Waals surface area contributed by atoms with Gasteiger partial charge in [0, 0.05) is 16.6 Å². The molecule has 0 radical (unpaired) electrons. The molecule has 0 aliphatic heterocycles. The molecule has 28 heavy (non-hydrogen) atoms. The second-order valence-corrected chi connectivity index (χ2v) is 8.95. The van der Waals surface area contributed by atoms with Gasteiger partial charge in [0.15, 0.2) is 0 Å². The molecule has 152 valence electrons. The first kappa shape index (κ1) is 22.3. The zero-order chi connectivity index (χ0) is 20.9. The first-order valence-corrected chi connectivity index (χ1v) is 11.1. The third-order valence-electron chi connectivity index (χ3n) is 4.09. The number of nitrogens with zero attached hydrogens (tertiary/aromatic N) is 1. The van der Waals surface area contributed by atoms with E-state index in [1.54, 1.807) is 24.3 Å². The zero-order valence-corrected chi connectivity index (χ0v) is 18.1. The number of carbonyl (C=O) groups is 1. The molecule has 0 aromatic heterocycles. The average molecular weight is 445 g/mol. The number of nitrogens with one attached hydrogen (secondary N) is 1. The van der Waals surface area contributed by atoms with E-state index in [9.17, 15) is 13.2 Å². The maximum atomic E-state index is 12.6. The molecule has 6 nitrogen and oxygen atoms in total. The Bertz CT molecular complexity index is 933. The monoisotopic (exact) mass is 444 g/mol. The lowest BCUT2D eigenvalue weighted by Gasteiger charge is -2.29. The highest BCUT2D eigenvalue weighted by Gasteiger charge is 2.31. The van der Waals surface area contributed by atoms with E-state index in [1.165, 1.54) is 20.1 Å². The molecule has 0 aliphatic carbocycles. The predicted octanol–water partition coefficient (Wildman–Crippen LogP) is 3.52. The first-order valence-electron chi connectivity index (χ1n) is 8.48. The van der Waals surface area contributed by atoms with Gasteiger partial charge in [0.05, 0.1) is 19.1 Å². The fourth-order valence-electron chi connectivity index (χ4n) is 2.75. The minimum atomic E-state index is -3.77. The number of amides is 1. The second-order valence-electron chi connectivity index (χ2n) is 6.22. The topological polar surface area (TPSA) is 75.7 Å². The second kappa shape index (κ2) is 9.49. The fraction of sp³-hybridized carbons (Fsp3) is 0.316. The molecule has 1 unspecified atom stereocenters. The number of rotatable bonds is 8. The van der Waals surface area contributed by atoms with Crippen LogP contribution in [0.5, 0.6) is 5.75 Å². The minimum absolute atomic E-state index is 0.206. The minimum Gasteiger partial charge on any atom is -0.495 e. The summed E-state index contributed by atoms with van der Waals surface area (Å²) < 4.78 is 31.1. The molecule has 0 bridgehead atoms. The van der Waals surface area contributed by atoms with Crippen molar-refractivity contribution in [2.24, 2.45) is 0 Å². The Hall–Kier alpha value is -1.96. The third-order valence-corrected chi connectivity index (χ3v) is 5.81. The van der Waals surface area contributed by atoms with Gasteiger partial charge in [-0.25, -0.2) is 8.42 Å². The van der Waals surface area contributed by atoms with Crippen LogP contribution in [0.1, 0.15) is 12.5 Å². The van der Waals surface area contributed by atoms with Crippen LogP contribution in [0, 0.1) is 0 Å². The summed E-state index contributed by atoms with van der Waals surface area (Å²) in [4.78, 5) is 12.6. The third kappa shape index (κ3) is 5.77. The molecular weight excluding hydrogens is 423 g/mol. The van der Waals surface area contributed by atoms with Crippen LogP contribution < -0.4 is 14.4 Å². The van der Waals surface area contributed by atoms with Crippen molar-refractivity contribution in [1.82, 2.24) is 5.32 Å². The van der Waals surface area contributed by atoms with Crippen LogP contribution in [0.3, 0.4) is 0 Å². The van der Waals surface area contributed by atoms with Crippen LogP contribution in [0.4, 0.5) is 5.69 Å². The Labute approximate surface area is 175 Å². The Morgan fingerprint density at radius 3 is 2.32 bits per heavy atom. The summed E-state index contributed by atoms with van der Waals surface area (Å²) in [5.74, 6) is -0.128. The Kier molecular flexibility index (Phi) is 7.57. The van der Waals surface area contributed by atoms with Crippen molar-refractivity contribution in [1.29, 1.82) is 0 Å². The number of hydrogen-bond acceptors (Lipinski definition) is 4. The van der Waals surface area contributed by atoms with Crippen molar-refractivity contribution < 1.29 is 17.9 Å². The van der Waals surface area contributed by atoms with Gasteiger partial charge in [-0.1, -0.05) is 35.3 Å². The molecule has 2 aromatic rings. The molecule has 0 spiro atoms. The fourth-order valence-corrected chi connectivity index (χ4v) is 4.21. The molecule has 0 saturated carbocycles. The molecule has 2 rings (SSSR count). The summed E-state index contributed by atoms with van der Waals surface area (Å²) in [5.41, 5.74) is 1.21. The molecule has 0 aliphatic rings. The summed E-state index contributed by atoms with van der Waals surface area (Å²) in [7, 11) is -2.35. The quantitative estimate of drug-likeness (QED) is 0.675. The van der Waals surface area contributed by atoms with Gasteiger partial charge in [-0.15, -0.1) is 0 Å². The smallest absolute Gasteiger partial charge is 0.243 e. The van der Waals surface area contributed by atoms with Gasteiger partial charge in [-0.3, -0.25) is 9.10 Å². The highest BCUT2D eigenvalue weighted by molar-refractivity contribution is 7.92. The largest absolute Gasteiger partial charge is 0.495 e. The molecule has 1 N–H and O–H groups in total. The predicted molar refractivity (Wildman–Crippen MR) is 113 cm³/mol. The molecule has 0 fully saturated rings. The van der Waals surface area contributed by atoms with E-state index in [4.69, 9.17) is 27.9 Å². The molecule has 0 saturated heterocycles. The van der Waals surface area contributed by atoms with Gasteiger partial charge in [-0.05, 0) is 49.2 Å². The lowest BCUT2D eigenvalue weighted by molar-refractivity contribution is -0.121. The van der Waals surface area contributed by atoms with Gasteiger partial charge < -0.3 is 10.1 Å². The number of carbonyl (C=O) groups excluding carboxylic acids is 1. The summed E-state index contributed by atoms with van der Waals surface area (Å²) in [6, 6.07) is 10.9. The van der Waals surface area contributed by atoms with Gasteiger partial charge in [0.2, 0.25) is 15.9 Å². The van der Waals surface area contributed by atoms with Crippen molar-refractivity contribution in [3.63, 3.8) is 0 Å². The van der Waals surface area contributed by atoms with Gasteiger partial charge >= 0.3 is 0 Å². The Morgan fingerprint density at radius 2 is 1.75 bits per heavy atom. The summed E-state index contributed by atoms with van der Waals surface area (Å²) in [6.07, 6.45) is 1.62. The van der Waals surface area contributed by atoms with E-state index in [0.29, 0.717) is 28.8 Å². The number of anilines is 1. The standard InChI is InChI=1S/C19H22Cl2N2O4S/c1-13(19(24)22-11-10-14-4-6-15(20)7-5-14)23(28(3,25)26)17-12-16(21)8-9-18(17)27-2/h4-9,12-13H,10-11H2,1-3H3,(H,22,24). The average Bonchev–Trinajstić information content (AvgIpc) is 2.62. The van der Waals surface area contributed by atoms with E-state index in [0.717, 1.165) is 16.1 Å². The normalized spacial score (nSPS) is 12.3. The van der Waals surface area contributed by atoms with E-state index >= 15 is 0 Å². The van der Waals surface area contributed by atoms with Crippen LogP contribution in [-0.4, -0.2) is 40.3 Å². The Morgan fingerprint density at radius 1 is 1.14 bits per heavy atom. The number of ether oxygens (including phenoxy) is 1. The van der Waals surface area contributed by atoms with Crippen LogP contribution in [-0.2, 0) is 21.2 Å². The van der Waals surface area contributed by atoms with Gasteiger partial charge in [0.1, 0.15) is 11.8 Å². The van der Waals surface area contributed by atoms with Crippen molar-refractivity contribution in [3.8, 4) is 5.75 Å². The van der Waals surface area contributed by atoms with Crippen LogP contribution in [0.15, 0.2) is 42.5 Å². The number of benzene rings is 2. The maximum absolute atomic E-state index is 12.6. The van der Waals surface area contributed by atoms with Gasteiger partial charge in [-0.2, -0.15) is 0 Å². The molecule has 0 heterocycles. The number of halogens is 2. The lowest BCUT2D eigenvalue weighted by atomic mass is 10.1. The molecule has 1 amide bonds. The van der Waals surface area contributed by atoms with Crippen LogP contribution in [0.25, 0.3) is 0 Å². The molecule has 2 aromatic carbocycles. The highest BCUT2D eigenvalue weighted by atomic mass is 35.5. The van der Waals surface area contributed by atoms with Crippen molar-refractivity contribution >= 4 is 44.8 Å². The number of methoxy groups -OCH3 is 1. The summed E-state index contributed by atoms with van der Waals surface area (Å²) >= 11 is 11.9. The molecular formula is C19H22Cl2N2O4S. The van der Waals surface area contributed by atoms with Crippen molar-refractivity contribution in [2.75, 3.05) is 24.2 Å². The van der Waals surface area contributed by atoms with E-state index in [1.807, 2.05) is 12.1 Å². The van der Waals surface area contributed by atoms with Crippen LogP contribution in [0.2, 0.25) is 10.0 Å².